The van der Waals surface area contributed by atoms with Gasteiger partial charge in [-0.3, -0.25) is 10.1 Å². The van der Waals surface area contributed by atoms with Gasteiger partial charge in [0.2, 0.25) is 5.91 Å². The molecule has 29 heavy (non-hydrogen) atoms. The van der Waals surface area contributed by atoms with Gasteiger partial charge in [0.25, 0.3) is 0 Å². The second-order valence-electron chi connectivity index (χ2n) is 8.75. The Labute approximate surface area is 177 Å². The number of rotatable bonds is 6. The number of hydrogen-bond donors (Lipinski definition) is 1. The highest BCUT2D eigenvalue weighted by atomic mass is 35.5. The molecule has 3 rings (SSSR count). The van der Waals surface area contributed by atoms with Crippen molar-refractivity contribution in [2.45, 2.75) is 70.0 Å². The van der Waals surface area contributed by atoms with E-state index in [4.69, 9.17) is 11.6 Å². The lowest BCUT2D eigenvalue weighted by molar-refractivity contribution is -0.135. The Kier molecular flexibility index (Phi) is 6.91. The highest BCUT2D eigenvalue weighted by molar-refractivity contribution is 7.91. The summed E-state index contributed by atoms with van der Waals surface area (Å²) >= 11 is 6.21. The summed E-state index contributed by atoms with van der Waals surface area (Å²) in [6.07, 6.45) is 5.66. The summed E-state index contributed by atoms with van der Waals surface area (Å²) in [7, 11) is -3.08. The fraction of sp³-hybridized carbons (Fsp3) is 0.667. The molecule has 162 valence electrons. The lowest BCUT2D eigenvalue weighted by Gasteiger charge is -2.39. The van der Waals surface area contributed by atoms with Crippen molar-refractivity contribution < 1.29 is 17.6 Å². The molecule has 2 aliphatic rings. The fourth-order valence-electron chi connectivity index (χ4n) is 4.54. The summed E-state index contributed by atoms with van der Waals surface area (Å²) < 4.78 is 37.4. The highest BCUT2D eigenvalue weighted by Gasteiger charge is 2.38. The second-order valence-corrected chi connectivity index (χ2v) is 11.4. The zero-order chi connectivity index (χ0) is 21.2. The van der Waals surface area contributed by atoms with Gasteiger partial charge in [-0.2, -0.15) is 0 Å². The fourth-order valence-corrected chi connectivity index (χ4v) is 6.65. The number of benzene rings is 1. The van der Waals surface area contributed by atoms with Crippen molar-refractivity contribution in [2.75, 3.05) is 18.1 Å². The maximum Gasteiger partial charge on any atom is 0.237 e. The largest absolute Gasteiger partial charge is 0.335 e. The molecule has 0 aromatic heterocycles. The van der Waals surface area contributed by atoms with Crippen molar-refractivity contribution in [3.05, 3.63) is 34.6 Å². The first kappa shape index (κ1) is 22.5. The summed E-state index contributed by atoms with van der Waals surface area (Å²) in [5.74, 6) is -0.275. The number of hydrogen-bond acceptors (Lipinski definition) is 4. The Hall–Kier alpha value is -1.18. The molecule has 2 fully saturated rings. The zero-order valence-electron chi connectivity index (χ0n) is 17.1. The van der Waals surface area contributed by atoms with Gasteiger partial charge in [0.05, 0.1) is 18.1 Å². The normalized spacial score (nSPS) is 22.6. The Morgan fingerprint density at radius 2 is 1.90 bits per heavy atom. The Morgan fingerprint density at radius 3 is 2.48 bits per heavy atom. The molecule has 1 N–H and O–H groups in total. The van der Waals surface area contributed by atoms with Crippen LogP contribution in [-0.2, 0) is 20.2 Å². The first-order chi connectivity index (χ1) is 13.6. The van der Waals surface area contributed by atoms with Crippen LogP contribution in [0.2, 0.25) is 5.02 Å². The van der Waals surface area contributed by atoms with Gasteiger partial charge in [-0.15, -0.1) is 0 Å². The molecular weight excluding hydrogens is 415 g/mol. The maximum absolute atomic E-state index is 13.4. The van der Waals surface area contributed by atoms with Crippen LogP contribution in [0.25, 0.3) is 0 Å². The van der Waals surface area contributed by atoms with Crippen molar-refractivity contribution in [1.29, 1.82) is 0 Å². The van der Waals surface area contributed by atoms with E-state index in [1.54, 1.807) is 6.07 Å². The Balaban J connectivity index is 1.73. The maximum atomic E-state index is 13.4. The molecule has 1 unspecified atom stereocenters. The van der Waals surface area contributed by atoms with E-state index in [9.17, 15) is 17.6 Å². The highest BCUT2D eigenvalue weighted by Crippen LogP contribution is 2.30. The standard InChI is InChI=1S/C21H30ClFN2O3S/c1-21(2,18-9-8-15(23)12-19(18)22)24-13-20(26)25(16-6-4-3-5-7-16)17-10-11-29(27,28)14-17/h8-9,12,16-17,24H,3-7,10-11,13-14H2,1-2H3. The molecule has 1 aliphatic carbocycles. The van der Waals surface area contributed by atoms with Crippen molar-refractivity contribution in [3.63, 3.8) is 0 Å². The second kappa shape index (κ2) is 8.90. The number of carbonyl (C=O) groups is 1. The van der Waals surface area contributed by atoms with Crippen LogP contribution < -0.4 is 5.32 Å². The number of nitrogens with one attached hydrogen (secondary N) is 1. The van der Waals surface area contributed by atoms with Crippen molar-refractivity contribution in [1.82, 2.24) is 10.2 Å². The van der Waals surface area contributed by atoms with Crippen LogP contribution in [0.3, 0.4) is 0 Å². The molecule has 1 aromatic rings. The van der Waals surface area contributed by atoms with E-state index in [2.05, 4.69) is 5.32 Å². The number of sulfone groups is 1. The van der Waals surface area contributed by atoms with Crippen LogP contribution in [0.5, 0.6) is 0 Å². The summed E-state index contributed by atoms with van der Waals surface area (Å²) in [5, 5.41) is 3.56. The molecule has 1 aromatic carbocycles. The monoisotopic (exact) mass is 444 g/mol. The van der Waals surface area contributed by atoms with Gasteiger partial charge in [-0.05, 0) is 50.8 Å². The third kappa shape index (κ3) is 5.50. The quantitative estimate of drug-likeness (QED) is 0.727. The number of nitrogens with zero attached hydrogens (tertiary/aromatic N) is 1. The van der Waals surface area contributed by atoms with E-state index in [1.165, 1.54) is 12.1 Å². The first-order valence-electron chi connectivity index (χ1n) is 10.3. The predicted molar refractivity (Wildman–Crippen MR) is 113 cm³/mol. The lowest BCUT2D eigenvalue weighted by Crippen LogP contribution is -2.53. The molecule has 1 atom stereocenters. The molecule has 1 saturated carbocycles. The third-order valence-corrected chi connectivity index (χ3v) is 8.21. The number of amides is 1. The van der Waals surface area contributed by atoms with Gasteiger partial charge < -0.3 is 4.90 Å². The molecule has 1 heterocycles. The smallest absolute Gasteiger partial charge is 0.237 e. The van der Waals surface area contributed by atoms with Gasteiger partial charge in [-0.1, -0.05) is 36.9 Å². The number of halogens is 2. The molecule has 0 radical (unpaired) electrons. The average molecular weight is 445 g/mol. The molecule has 1 aliphatic heterocycles. The minimum absolute atomic E-state index is 0.0580. The van der Waals surface area contributed by atoms with Gasteiger partial charge in [0.1, 0.15) is 5.82 Å². The number of carbonyl (C=O) groups excluding carboxylic acids is 1. The van der Waals surface area contributed by atoms with Crippen LogP contribution in [0.1, 0.15) is 57.9 Å². The summed E-state index contributed by atoms with van der Waals surface area (Å²) in [6, 6.07) is 4.10. The predicted octanol–water partition coefficient (Wildman–Crippen LogP) is 3.65. The minimum atomic E-state index is -3.08. The van der Waals surface area contributed by atoms with E-state index in [0.717, 1.165) is 32.1 Å². The van der Waals surface area contributed by atoms with E-state index < -0.39 is 21.2 Å². The molecule has 1 amide bonds. The van der Waals surface area contributed by atoms with E-state index >= 15 is 0 Å². The van der Waals surface area contributed by atoms with Crippen LogP contribution in [0.15, 0.2) is 18.2 Å². The summed E-state index contributed by atoms with van der Waals surface area (Å²) in [4.78, 5) is 15.1. The molecular formula is C21H30ClFN2O3S. The SMILES string of the molecule is CC(C)(NCC(=O)N(C1CCCCC1)C1CCS(=O)(=O)C1)c1ccc(F)cc1Cl. The van der Waals surface area contributed by atoms with Crippen molar-refractivity contribution >= 4 is 27.3 Å². The van der Waals surface area contributed by atoms with Crippen LogP contribution in [0, 0.1) is 5.82 Å². The van der Waals surface area contributed by atoms with E-state index in [0.29, 0.717) is 17.0 Å². The zero-order valence-corrected chi connectivity index (χ0v) is 18.7. The van der Waals surface area contributed by atoms with Crippen LogP contribution in [-0.4, -0.2) is 49.4 Å². The molecule has 8 heteroatoms. The van der Waals surface area contributed by atoms with Crippen LogP contribution in [0.4, 0.5) is 4.39 Å². The Morgan fingerprint density at radius 1 is 1.21 bits per heavy atom. The van der Waals surface area contributed by atoms with E-state index in [1.807, 2.05) is 18.7 Å². The third-order valence-electron chi connectivity index (χ3n) is 6.14. The van der Waals surface area contributed by atoms with Gasteiger partial charge >= 0.3 is 0 Å². The Bertz CT molecular complexity index is 853. The van der Waals surface area contributed by atoms with Gasteiger partial charge in [0, 0.05) is 22.6 Å². The molecule has 1 saturated heterocycles. The summed E-state index contributed by atoms with van der Waals surface area (Å²) in [5.41, 5.74) is 0.0708. The van der Waals surface area contributed by atoms with Gasteiger partial charge in [0.15, 0.2) is 9.84 Å². The molecule has 5 nitrogen and oxygen atoms in total. The van der Waals surface area contributed by atoms with Crippen LogP contribution >= 0.6 is 11.6 Å². The molecule has 0 spiro atoms. The topological polar surface area (TPSA) is 66.5 Å². The first-order valence-corrected chi connectivity index (χ1v) is 12.5. The lowest BCUT2D eigenvalue weighted by atomic mass is 9.92. The molecule has 0 bridgehead atoms. The average Bonchev–Trinajstić information content (AvgIpc) is 3.00. The van der Waals surface area contributed by atoms with Crippen molar-refractivity contribution in [2.24, 2.45) is 0 Å². The minimum Gasteiger partial charge on any atom is -0.335 e. The van der Waals surface area contributed by atoms with Crippen molar-refractivity contribution in [3.8, 4) is 0 Å². The van der Waals surface area contributed by atoms with Gasteiger partial charge in [-0.25, -0.2) is 12.8 Å². The summed E-state index contributed by atoms with van der Waals surface area (Å²) in [6.45, 7) is 3.86. The van der Waals surface area contributed by atoms with E-state index in [-0.39, 0.29) is 36.0 Å².